The van der Waals surface area contributed by atoms with E-state index in [1.165, 1.54) is 4.90 Å². The lowest BCUT2D eigenvalue weighted by atomic mass is 9.87. The van der Waals surface area contributed by atoms with E-state index in [0.717, 1.165) is 21.7 Å². The third-order valence-corrected chi connectivity index (χ3v) is 7.18. The molecule has 1 unspecified atom stereocenters. The molecule has 0 aliphatic rings. The fourth-order valence-corrected chi connectivity index (χ4v) is 4.61. The number of nitrogens with zero attached hydrogens (tertiary/aromatic N) is 2. The molecular weight excluding hydrogens is 474 g/mol. The van der Waals surface area contributed by atoms with Gasteiger partial charge in [-0.05, 0) is 47.9 Å². The third kappa shape index (κ3) is 8.66. The van der Waals surface area contributed by atoms with E-state index in [1.807, 2.05) is 56.3 Å². The van der Waals surface area contributed by atoms with Gasteiger partial charge in [-0.1, -0.05) is 77.1 Å². The fraction of sp³-hybridized carbons (Fsp3) is 0.500. The molecule has 0 heterocycles. The molecule has 2 aromatic rings. The molecule has 0 saturated heterocycles. The summed E-state index contributed by atoms with van der Waals surface area (Å²) in [6, 6.07) is 16.2. The zero-order valence-electron chi connectivity index (χ0n) is 22.6. The van der Waals surface area contributed by atoms with Crippen LogP contribution in [0, 0.1) is 5.92 Å². The van der Waals surface area contributed by atoms with E-state index in [1.54, 1.807) is 19.1 Å². The second-order valence-electron chi connectivity index (χ2n) is 10.7. The Hall–Kier alpha value is -2.87. The number of nitrogens with one attached hydrogen (secondary N) is 1. The predicted octanol–water partition coefficient (Wildman–Crippen LogP) is 3.98. The number of amides is 2. The van der Waals surface area contributed by atoms with Gasteiger partial charge in [0.1, 0.15) is 12.6 Å². The minimum atomic E-state index is -3.74. The summed E-state index contributed by atoms with van der Waals surface area (Å²) in [6.07, 6.45) is 1.64. The molecular formula is C28H41N3O4S. The van der Waals surface area contributed by atoms with Crippen LogP contribution in [0.5, 0.6) is 0 Å². The molecule has 1 atom stereocenters. The van der Waals surface area contributed by atoms with Gasteiger partial charge in [-0.2, -0.15) is 0 Å². The summed E-state index contributed by atoms with van der Waals surface area (Å²) in [4.78, 5) is 27.9. The van der Waals surface area contributed by atoms with Crippen molar-refractivity contribution in [2.24, 2.45) is 5.92 Å². The van der Waals surface area contributed by atoms with Crippen molar-refractivity contribution in [3.05, 3.63) is 65.7 Å². The number of hydrogen-bond donors (Lipinski definition) is 1. The summed E-state index contributed by atoms with van der Waals surface area (Å²) in [5.41, 5.74) is 2.42. The highest BCUT2D eigenvalue weighted by molar-refractivity contribution is 7.92. The molecule has 1 N–H and O–H groups in total. The van der Waals surface area contributed by atoms with Crippen molar-refractivity contribution in [2.45, 2.75) is 59.4 Å². The van der Waals surface area contributed by atoms with E-state index >= 15 is 0 Å². The van der Waals surface area contributed by atoms with E-state index in [9.17, 15) is 18.0 Å². The molecule has 36 heavy (non-hydrogen) atoms. The van der Waals surface area contributed by atoms with Gasteiger partial charge in [0.15, 0.2) is 0 Å². The Morgan fingerprint density at radius 1 is 0.944 bits per heavy atom. The molecule has 0 spiro atoms. The molecule has 2 rings (SSSR count). The van der Waals surface area contributed by atoms with Crippen molar-refractivity contribution in [3.8, 4) is 0 Å². The first kappa shape index (κ1) is 29.4. The van der Waals surface area contributed by atoms with Gasteiger partial charge in [-0.25, -0.2) is 8.42 Å². The van der Waals surface area contributed by atoms with E-state index < -0.39 is 22.0 Å². The van der Waals surface area contributed by atoms with Gasteiger partial charge >= 0.3 is 0 Å². The molecule has 0 aliphatic heterocycles. The Morgan fingerprint density at radius 2 is 1.53 bits per heavy atom. The Balaban J connectivity index is 2.31. The Morgan fingerprint density at radius 3 is 2.03 bits per heavy atom. The van der Waals surface area contributed by atoms with Gasteiger partial charge in [0, 0.05) is 13.1 Å². The van der Waals surface area contributed by atoms with Crippen LogP contribution in [0.25, 0.3) is 0 Å². The first-order valence-corrected chi connectivity index (χ1v) is 14.2. The standard InChI is InChI=1S/C28H41N3O4S/c1-21(2)19-29-27(33)22(3)30(18-17-23-11-9-8-10-12-23)26(32)20-31(36(7,34)35)25-15-13-24(14-16-25)28(4,5)6/h8-16,21-22H,17-20H2,1-7H3,(H,29,33). The van der Waals surface area contributed by atoms with E-state index in [2.05, 4.69) is 26.1 Å². The molecule has 7 nitrogen and oxygen atoms in total. The summed E-state index contributed by atoms with van der Waals surface area (Å²) >= 11 is 0. The molecule has 0 aliphatic carbocycles. The highest BCUT2D eigenvalue weighted by atomic mass is 32.2. The molecule has 0 radical (unpaired) electrons. The largest absolute Gasteiger partial charge is 0.354 e. The SMILES string of the molecule is CC(C)CNC(=O)C(C)N(CCc1ccccc1)C(=O)CN(c1ccc(C(C)(C)C)cc1)S(C)(=O)=O. The maximum Gasteiger partial charge on any atom is 0.244 e. The van der Waals surface area contributed by atoms with Crippen LogP contribution in [0.15, 0.2) is 54.6 Å². The molecule has 8 heteroatoms. The molecule has 0 fully saturated rings. The lowest BCUT2D eigenvalue weighted by Gasteiger charge is -2.31. The molecule has 0 bridgehead atoms. The fourth-order valence-electron chi connectivity index (χ4n) is 3.76. The minimum absolute atomic E-state index is 0.0860. The highest BCUT2D eigenvalue weighted by Crippen LogP contribution is 2.26. The summed E-state index contributed by atoms with van der Waals surface area (Å²) in [6.45, 7) is 12.3. The first-order chi connectivity index (χ1) is 16.7. The van der Waals surface area contributed by atoms with Crippen LogP contribution in [0.4, 0.5) is 5.69 Å². The summed E-state index contributed by atoms with van der Waals surface area (Å²) in [7, 11) is -3.74. The van der Waals surface area contributed by atoms with Gasteiger partial charge in [-0.3, -0.25) is 13.9 Å². The number of benzene rings is 2. The van der Waals surface area contributed by atoms with Crippen molar-refractivity contribution in [3.63, 3.8) is 0 Å². The second kappa shape index (κ2) is 12.4. The number of carbonyl (C=O) groups is 2. The van der Waals surface area contributed by atoms with E-state index in [0.29, 0.717) is 25.2 Å². The number of rotatable bonds is 11. The second-order valence-corrected chi connectivity index (χ2v) is 12.6. The van der Waals surface area contributed by atoms with Crippen LogP contribution >= 0.6 is 0 Å². The van der Waals surface area contributed by atoms with Crippen LogP contribution < -0.4 is 9.62 Å². The third-order valence-electron chi connectivity index (χ3n) is 6.04. The van der Waals surface area contributed by atoms with Crippen LogP contribution in [0.1, 0.15) is 52.7 Å². The summed E-state index contributed by atoms with van der Waals surface area (Å²) < 4.78 is 26.5. The maximum absolute atomic E-state index is 13.5. The van der Waals surface area contributed by atoms with Gasteiger partial charge in [-0.15, -0.1) is 0 Å². The van der Waals surface area contributed by atoms with Crippen LogP contribution in [-0.2, 0) is 31.4 Å². The summed E-state index contributed by atoms with van der Waals surface area (Å²) in [5.74, 6) is -0.416. The quantitative estimate of drug-likeness (QED) is 0.490. The predicted molar refractivity (Wildman–Crippen MR) is 147 cm³/mol. The van der Waals surface area contributed by atoms with Crippen molar-refractivity contribution in [1.82, 2.24) is 10.2 Å². The van der Waals surface area contributed by atoms with Gasteiger partial charge in [0.2, 0.25) is 21.8 Å². The number of sulfonamides is 1. The normalized spacial score (nSPS) is 12.8. The van der Waals surface area contributed by atoms with Crippen molar-refractivity contribution in [1.29, 1.82) is 0 Å². The van der Waals surface area contributed by atoms with E-state index in [4.69, 9.17) is 0 Å². The Bertz CT molecular complexity index is 1110. The topological polar surface area (TPSA) is 86.8 Å². The van der Waals surface area contributed by atoms with Crippen molar-refractivity contribution in [2.75, 3.05) is 30.2 Å². The maximum atomic E-state index is 13.5. The monoisotopic (exact) mass is 515 g/mol. The Kier molecular flexibility index (Phi) is 10.1. The summed E-state index contributed by atoms with van der Waals surface area (Å²) in [5, 5.41) is 2.89. The number of anilines is 1. The lowest BCUT2D eigenvalue weighted by Crippen LogP contribution is -2.52. The molecule has 2 aromatic carbocycles. The first-order valence-electron chi connectivity index (χ1n) is 12.4. The highest BCUT2D eigenvalue weighted by Gasteiger charge is 2.30. The van der Waals surface area contributed by atoms with Crippen molar-refractivity contribution >= 4 is 27.5 Å². The van der Waals surface area contributed by atoms with Crippen molar-refractivity contribution < 1.29 is 18.0 Å². The average Bonchev–Trinajstić information content (AvgIpc) is 2.80. The Labute approximate surface area is 216 Å². The van der Waals surface area contributed by atoms with Gasteiger partial charge in [0.25, 0.3) is 0 Å². The van der Waals surface area contributed by atoms with E-state index in [-0.39, 0.29) is 23.8 Å². The number of carbonyl (C=O) groups excluding carboxylic acids is 2. The molecule has 198 valence electrons. The smallest absolute Gasteiger partial charge is 0.244 e. The molecule has 0 saturated carbocycles. The number of hydrogen-bond acceptors (Lipinski definition) is 4. The zero-order chi connectivity index (χ0) is 27.1. The minimum Gasteiger partial charge on any atom is -0.354 e. The van der Waals surface area contributed by atoms with Crippen LogP contribution in [0.2, 0.25) is 0 Å². The molecule has 2 amide bonds. The van der Waals surface area contributed by atoms with Gasteiger partial charge < -0.3 is 10.2 Å². The van der Waals surface area contributed by atoms with Crippen LogP contribution in [-0.4, -0.2) is 57.1 Å². The lowest BCUT2D eigenvalue weighted by molar-refractivity contribution is -0.138. The average molecular weight is 516 g/mol. The van der Waals surface area contributed by atoms with Gasteiger partial charge in [0.05, 0.1) is 11.9 Å². The zero-order valence-corrected chi connectivity index (χ0v) is 23.4. The van der Waals surface area contributed by atoms with Crippen LogP contribution in [0.3, 0.4) is 0 Å². The molecule has 0 aromatic heterocycles.